The molecule has 0 bridgehead atoms. The SMILES string of the molecule is COc1ccc2ccc(N3C(=O)c4nccnc4C3OC(=O)Oc3ccccc3)nc2n1. The average Bonchev–Trinajstić information content (AvgIpc) is 3.10. The lowest BCUT2D eigenvalue weighted by atomic mass is 10.3. The molecule has 0 saturated carbocycles. The lowest BCUT2D eigenvalue weighted by molar-refractivity contribution is 0.0555. The van der Waals surface area contributed by atoms with E-state index in [1.54, 1.807) is 54.6 Å². The molecule has 0 aliphatic carbocycles. The van der Waals surface area contributed by atoms with Crippen LogP contribution in [0.4, 0.5) is 10.6 Å². The smallest absolute Gasteiger partial charge is 0.481 e. The van der Waals surface area contributed by atoms with Gasteiger partial charge in [-0.05, 0) is 30.3 Å². The second-order valence-corrected chi connectivity index (χ2v) is 6.67. The Morgan fingerprint density at radius 2 is 1.75 bits per heavy atom. The summed E-state index contributed by atoms with van der Waals surface area (Å²) in [6.07, 6.45) is 0.588. The number of para-hydroxylation sites is 1. The zero-order valence-electron chi connectivity index (χ0n) is 16.7. The Kier molecular flexibility index (Phi) is 4.79. The van der Waals surface area contributed by atoms with Crippen LogP contribution in [0.25, 0.3) is 11.0 Å². The van der Waals surface area contributed by atoms with Crippen molar-refractivity contribution in [3.05, 3.63) is 78.4 Å². The second-order valence-electron chi connectivity index (χ2n) is 6.67. The van der Waals surface area contributed by atoms with Gasteiger partial charge in [-0.15, -0.1) is 0 Å². The number of pyridine rings is 2. The summed E-state index contributed by atoms with van der Waals surface area (Å²) >= 11 is 0. The second kappa shape index (κ2) is 7.91. The molecule has 0 N–H and O–H groups in total. The molecule has 3 aromatic heterocycles. The first-order chi connectivity index (χ1) is 15.6. The summed E-state index contributed by atoms with van der Waals surface area (Å²) in [6, 6.07) is 15.3. The summed E-state index contributed by atoms with van der Waals surface area (Å²) in [5.74, 6) is 0.370. The molecule has 10 nitrogen and oxygen atoms in total. The van der Waals surface area contributed by atoms with E-state index in [1.165, 1.54) is 24.4 Å². The number of amides is 1. The standard InChI is InChI=1S/C22H15N5O5/c1-30-16-10-8-13-7-9-15(25-19(13)26-16)27-20(28)17-18(24-12-11-23-17)21(27)32-22(29)31-14-5-3-2-4-6-14/h2-12,21H,1H3. The number of hydrogen-bond donors (Lipinski definition) is 0. The van der Waals surface area contributed by atoms with Crippen molar-refractivity contribution >= 4 is 28.9 Å². The highest BCUT2D eigenvalue weighted by atomic mass is 16.7. The van der Waals surface area contributed by atoms with Crippen LogP contribution in [-0.4, -0.2) is 39.1 Å². The van der Waals surface area contributed by atoms with Crippen LogP contribution in [0.5, 0.6) is 11.6 Å². The molecular formula is C22H15N5O5. The fourth-order valence-electron chi connectivity index (χ4n) is 3.29. The molecule has 0 saturated heterocycles. The Morgan fingerprint density at radius 3 is 2.56 bits per heavy atom. The van der Waals surface area contributed by atoms with E-state index in [1.807, 2.05) is 0 Å². The normalized spacial score (nSPS) is 14.8. The Balaban J connectivity index is 1.51. The van der Waals surface area contributed by atoms with Crippen molar-refractivity contribution in [1.82, 2.24) is 19.9 Å². The number of ether oxygens (including phenoxy) is 3. The highest BCUT2D eigenvalue weighted by Gasteiger charge is 2.44. The van der Waals surface area contributed by atoms with Crippen molar-refractivity contribution in [2.24, 2.45) is 0 Å². The number of hydrogen-bond acceptors (Lipinski definition) is 9. The molecule has 0 fully saturated rings. The lowest BCUT2D eigenvalue weighted by Crippen LogP contribution is -2.32. The number of anilines is 1. The molecule has 1 aliphatic rings. The largest absolute Gasteiger partial charge is 0.516 e. The summed E-state index contributed by atoms with van der Waals surface area (Å²) in [5, 5.41) is 0.746. The number of rotatable bonds is 4. The molecule has 32 heavy (non-hydrogen) atoms. The van der Waals surface area contributed by atoms with Crippen molar-refractivity contribution in [1.29, 1.82) is 0 Å². The quantitative estimate of drug-likeness (QED) is 0.356. The van der Waals surface area contributed by atoms with Gasteiger partial charge in [0, 0.05) is 23.8 Å². The maximum Gasteiger partial charge on any atom is 0.516 e. The molecule has 1 aliphatic heterocycles. The van der Waals surface area contributed by atoms with E-state index in [2.05, 4.69) is 19.9 Å². The zero-order chi connectivity index (χ0) is 22.1. The van der Waals surface area contributed by atoms with Crippen LogP contribution in [0.3, 0.4) is 0 Å². The minimum Gasteiger partial charge on any atom is -0.481 e. The number of carbonyl (C=O) groups is 2. The number of carbonyl (C=O) groups excluding carboxylic acids is 2. The highest BCUT2D eigenvalue weighted by molar-refractivity contribution is 6.09. The van der Waals surface area contributed by atoms with Crippen LogP contribution in [0.2, 0.25) is 0 Å². The van der Waals surface area contributed by atoms with Crippen LogP contribution in [0.15, 0.2) is 67.0 Å². The van der Waals surface area contributed by atoms with Crippen molar-refractivity contribution < 1.29 is 23.8 Å². The van der Waals surface area contributed by atoms with Gasteiger partial charge in [0.15, 0.2) is 11.3 Å². The monoisotopic (exact) mass is 429 g/mol. The van der Waals surface area contributed by atoms with Crippen LogP contribution in [-0.2, 0) is 4.74 Å². The molecule has 4 aromatic rings. The van der Waals surface area contributed by atoms with E-state index in [9.17, 15) is 9.59 Å². The first-order valence-electron chi connectivity index (χ1n) is 9.54. The van der Waals surface area contributed by atoms with E-state index in [-0.39, 0.29) is 17.2 Å². The van der Waals surface area contributed by atoms with Gasteiger partial charge in [-0.25, -0.2) is 19.7 Å². The van der Waals surface area contributed by atoms with Gasteiger partial charge in [0.2, 0.25) is 12.1 Å². The van der Waals surface area contributed by atoms with Gasteiger partial charge in [0.25, 0.3) is 5.91 Å². The predicted molar refractivity (Wildman–Crippen MR) is 111 cm³/mol. The molecular weight excluding hydrogens is 414 g/mol. The van der Waals surface area contributed by atoms with Gasteiger partial charge in [-0.2, -0.15) is 4.98 Å². The Morgan fingerprint density at radius 1 is 0.969 bits per heavy atom. The molecule has 1 aromatic carbocycles. The van der Waals surface area contributed by atoms with Crippen molar-refractivity contribution in [3.63, 3.8) is 0 Å². The minimum atomic E-state index is -1.21. The topological polar surface area (TPSA) is 117 Å². The van der Waals surface area contributed by atoms with E-state index in [4.69, 9.17) is 14.2 Å². The van der Waals surface area contributed by atoms with Crippen LogP contribution >= 0.6 is 0 Å². The fraction of sp³-hybridized carbons (Fsp3) is 0.0909. The van der Waals surface area contributed by atoms with E-state index >= 15 is 0 Å². The van der Waals surface area contributed by atoms with Crippen molar-refractivity contribution in [3.8, 4) is 11.6 Å². The summed E-state index contributed by atoms with van der Waals surface area (Å²) in [5.41, 5.74) is 0.602. The van der Waals surface area contributed by atoms with E-state index < -0.39 is 18.3 Å². The zero-order valence-corrected chi connectivity index (χ0v) is 16.7. The minimum absolute atomic E-state index is 0.0607. The molecule has 0 spiro atoms. The average molecular weight is 429 g/mol. The Hall–Kier alpha value is -4.60. The summed E-state index contributed by atoms with van der Waals surface area (Å²) in [4.78, 5) is 43.8. The van der Waals surface area contributed by atoms with Gasteiger partial charge < -0.3 is 14.2 Å². The van der Waals surface area contributed by atoms with Gasteiger partial charge in [0.05, 0.1) is 7.11 Å². The van der Waals surface area contributed by atoms with Gasteiger partial charge in [-0.1, -0.05) is 18.2 Å². The lowest BCUT2D eigenvalue weighted by Gasteiger charge is -2.23. The maximum atomic E-state index is 13.1. The molecule has 158 valence electrons. The molecule has 0 radical (unpaired) electrons. The summed E-state index contributed by atoms with van der Waals surface area (Å²) in [7, 11) is 1.50. The Labute approximate surface area is 181 Å². The highest BCUT2D eigenvalue weighted by Crippen LogP contribution is 2.36. The molecule has 1 unspecified atom stereocenters. The van der Waals surface area contributed by atoms with Crippen molar-refractivity contribution in [2.45, 2.75) is 6.23 Å². The van der Waals surface area contributed by atoms with E-state index in [0.29, 0.717) is 17.3 Å². The predicted octanol–water partition coefficient (Wildman–Crippen LogP) is 3.30. The van der Waals surface area contributed by atoms with Crippen LogP contribution in [0, 0.1) is 0 Å². The molecule has 1 atom stereocenters. The molecule has 10 heteroatoms. The van der Waals surface area contributed by atoms with Gasteiger partial charge in [-0.3, -0.25) is 9.78 Å². The molecule has 5 rings (SSSR count). The maximum absolute atomic E-state index is 13.1. The van der Waals surface area contributed by atoms with Gasteiger partial charge in [0.1, 0.15) is 17.3 Å². The van der Waals surface area contributed by atoms with Crippen LogP contribution < -0.4 is 14.4 Å². The number of fused-ring (bicyclic) bond motifs is 2. The third-order valence-corrected chi connectivity index (χ3v) is 4.74. The number of methoxy groups -OCH3 is 1. The Bertz CT molecular complexity index is 1330. The number of aromatic nitrogens is 4. The van der Waals surface area contributed by atoms with Crippen LogP contribution in [0.1, 0.15) is 22.4 Å². The van der Waals surface area contributed by atoms with Gasteiger partial charge >= 0.3 is 6.16 Å². The third kappa shape index (κ3) is 3.43. The molecule has 4 heterocycles. The molecule has 1 amide bonds. The number of nitrogens with zero attached hydrogens (tertiary/aromatic N) is 5. The van der Waals surface area contributed by atoms with Crippen molar-refractivity contribution in [2.75, 3.05) is 12.0 Å². The summed E-state index contributed by atoms with van der Waals surface area (Å²) in [6.45, 7) is 0. The number of benzene rings is 1. The third-order valence-electron chi connectivity index (χ3n) is 4.74. The fourth-order valence-corrected chi connectivity index (χ4v) is 3.29. The first kappa shape index (κ1) is 19.4. The van der Waals surface area contributed by atoms with E-state index in [0.717, 1.165) is 5.39 Å². The first-order valence-corrected chi connectivity index (χ1v) is 9.54. The summed E-state index contributed by atoms with van der Waals surface area (Å²) < 4.78 is 15.9.